The van der Waals surface area contributed by atoms with E-state index in [0.717, 1.165) is 12.7 Å². The highest BCUT2D eigenvalue weighted by Gasteiger charge is 2.24. The molecule has 19 heavy (non-hydrogen) atoms. The number of halogens is 1. The molecule has 1 fully saturated rings. The maximum atomic E-state index is 12.1. The Balaban J connectivity index is 0.00000180. The van der Waals surface area contributed by atoms with Gasteiger partial charge in [-0.15, -0.1) is 12.4 Å². The predicted molar refractivity (Wildman–Crippen MR) is 75.3 cm³/mol. The van der Waals surface area contributed by atoms with Crippen molar-refractivity contribution in [3.05, 3.63) is 29.8 Å². The third kappa shape index (κ3) is 3.68. The summed E-state index contributed by atoms with van der Waals surface area (Å²) in [6, 6.07) is 6.05. The minimum atomic E-state index is -3.22. The van der Waals surface area contributed by atoms with Crippen molar-refractivity contribution in [2.24, 2.45) is 5.73 Å². The number of rotatable bonds is 2. The molecular weight excluding hydrogens is 288 g/mol. The number of carbonyl (C=O) groups excluding carboxylic acids is 1. The Bertz CT molecular complexity index is 557. The van der Waals surface area contributed by atoms with E-state index >= 15 is 0 Å². The van der Waals surface area contributed by atoms with Crippen LogP contribution in [-0.2, 0) is 9.84 Å². The van der Waals surface area contributed by atoms with E-state index in [9.17, 15) is 13.2 Å². The lowest BCUT2D eigenvalue weighted by Gasteiger charge is -2.15. The van der Waals surface area contributed by atoms with Crippen molar-refractivity contribution in [2.45, 2.75) is 17.4 Å². The van der Waals surface area contributed by atoms with Crippen LogP contribution in [0.1, 0.15) is 16.8 Å². The molecule has 1 aliphatic rings. The second-order valence-corrected chi connectivity index (χ2v) is 6.61. The van der Waals surface area contributed by atoms with Crippen molar-refractivity contribution in [1.82, 2.24) is 4.90 Å². The van der Waals surface area contributed by atoms with Crippen LogP contribution in [0.4, 0.5) is 0 Å². The summed E-state index contributed by atoms with van der Waals surface area (Å²) in [6.07, 6.45) is 1.95. The monoisotopic (exact) mass is 304 g/mol. The molecule has 1 aromatic rings. The second-order valence-electron chi connectivity index (χ2n) is 4.60. The van der Waals surface area contributed by atoms with Crippen LogP contribution < -0.4 is 5.73 Å². The number of amides is 1. The molecule has 2 rings (SSSR count). The molecule has 0 aromatic heterocycles. The Morgan fingerprint density at radius 2 is 1.89 bits per heavy atom. The van der Waals surface area contributed by atoms with Crippen LogP contribution >= 0.6 is 12.4 Å². The highest BCUT2D eigenvalue weighted by molar-refractivity contribution is 7.90. The molecule has 0 radical (unpaired) electrons. The molecule has 5 nitrogen and oxygen atoms in total. The molecule has 1 aromatic carbocycles. The predicted octanol–water partition coefficient (Wildman–Crippen LogP) is 0.685. The lowest BCUT2D eigenvalue weighted by atomic mass is 10.2. The second kappa shape index (κ2) is 5.90. The summed E-state index contributed by atoms with van der Waals surface area (Å²) < 4.78 is 22.6. The zero-order valence-electron chi connectivity index (χ0n) is 10.6. The fourth-order valence-corrected chi connectivity index (χ4v) is 2.63. The average Bonchev–Trinajstić information content (AvgIpc) is 2.74. The van der Waals surface area contributed by atoms with Crippen LogP contribution in [0.25, 0.3) is 0 Å². The van der Waals surface area contributed by atoms with E-state index < -0.39 is 9.84 Å². The smallest absolute Gasteiger partial charge is 0.253 e. The molecule has 1 heterocycles. The third-order valence-electron chi connectivity index (χ3n) is 3.04. The van der Waals surface area contributed by atoms with Crippen LogP contribution in [0, 0.1) is 0 Å². The Labute approximate surface area is 119 Å². The summed E-state index contributed by atoms with van der Waals surface area (Å²) in [5.41, 5.74) is 6.25. The first kappa shape index (κ1) is 15.9. The number of nitrogens with zero attached hydrogens (tertiary/aromatic N) is 1. The first-order chi connectivity index (χ1) is 8.38. The van der Waals surface area contributed by atoms with E-state index in [1.807, 2.05) is 0 Å². The van der Waals surface area contributed by atoms with Gasteiger partial charge in [-0.2, -0.15) is 0 Å². The summed E-state index contributed by atoms with van der Waals surface area (Å²) in [4.78, 5) is 14.0. The third-order valence-corrected chi connectivity index (χ3v) is 4.17. The molecule has 7 heteroatoms. The van der Waals surface area contributed by atoms with Gasteiger partial charge in [-0.25, -0.2) is 8.42 Å². The molecule has 0 saturated carbocycles. The average molecular weight is 305 g/mol. The van der Waals surface area contributed by atoms with E-state index in [-0.39, 0.29) is 29.3 Å². The molecule has 0 spiro atoms. The van der Waals surface area contributed by atoms with E-state index in [1.54, 1.807) is 17.0 Å². The van der Waals surface area contributed by atoms with Crippen LogP contribution in [0.3, 0.4) is 0 Å². The quantitative estimate of drug-likeness (QED) is 0.871. The maximum Gasteiger partial charge on any atom is 0.253 e. The minimum absolute atomic E-state index is 0. The highest BCUT2D eigenvalue weighted by Crippen LogP contribution is 2.15. The number of nitrogens with two attached hydrogens (primary N) is 1. The van der Waals surface area contributed by atoms with Crippen molar-refractivity contribution in [3.63, 3.8) is 0 Å². The van der Waals surface area contributed by atoms with Crippen molar-refractivity contribution in [2.75, 3.05) is 19.3 Å². The van der Waals surface area contributed by atoms with Crippen molar-refractivity contribution < 1.29 is 13.2 Å². The van der Waals surface area contributed by atoms with Crippen LogP contribution in [0.2, 0.25) is 0 Å². The van der Waals surface area contributed by atoms with Crippen molar-refractivity contribution in [3.8, 4) is 0 Å². The molecule has 1 atom stereocenters. The van der Waals surface area contributed by atoms with Gasteiger partial charge in [-0.05, 0) is 30.7 Å². The standard InChI is InChI=1S/C12H16N2O3S.ClH/c1-18(16,17)11-4-2-9(3-5-11)12(15)14-7-6-10(13)8-14;/h2-5,10H,6-8,13H2,1H3;1H/t10-;/m1./s1. The van der Waals surface area contributed by atoms with Gasteiger partial charge in [-0.1, -0.05) is 0 Å². The van der Waals surface area contributed by atoms with Gasteiger partial charge in [0.25, 0.3) is 5.91 Å². The summed E-state index contributed by atoms with van der Waals surface area (Å²) in [5.74, 6) is -0.0944. The van der Waals surface area contributed by atoms with Gasteiger partial charge >= 0.3 is 0 Å². The van der Waals surface area contributed by atoms with Crippen LogP contribution in [0.15, 0.2) is 29.2 Å². The Kier molecular flexibility index (Phi) is 4.95. The minimum Gasteiger partial charge on any atom is -0.337 e. The summed E-state index contributed by atoms with van der Waals surface area (Å²) in [5, 5.41) is 0. The molecule has 0 bridgehead atoms. The Morgan fingerprint density at radius 3 is 2.32 bits per heavy atom. The Hall–Kier alpha value is -1.11. The SMILES string of the molecule is CS(=O)(=O)c1ccc(C(=O)N2CC[C@@H](N)C2)cc1.Cl. The molecule has 0 aliphatic carbocycles. The number of benzene rings is 1. The summed E-state index contributed by atoms with van der Waals surface area (Å²) in [7, 11) is -3.22. The number of sulfone groups is 1. The van der Waals surface area contributed by atoms with Crippen molar-refractivity contribution in [1.29, 1.82) is 0 Å². The molecule has 2 N–H and O–H groups in total. The number of likely N-dealkylation sites (tertiary alicyclic amines) is 1. The van der Waals surface area contributed by atoms with E-state index in [0.29, 0.717) is 18.7 Å². The molecular formula is C12H17ClN2O3S. The van der Waals surface area contributed by atoms with Crippen LogP contribution in [0.5, 0.6) is 0 Å². The van der Waals surface area contributed by atoms with Gasteiger partial charge in [0.2, 0.25) is 0 Å². The summed E-state index contributed by atoms with van der Waals surface area (Å²) >= 11 is 0. The fraction of sp³-hybridized carbons (Fsp3) is 0.417. The molecule has 1 saturated heterocycles. The molecule has 1 amide bonds. The molecule has 1 aliphatic heterocycles. The highest BCUT2D eigenvalue weighted by atomic mass is 35.5. The van der Waals surface area contributed by atoms with Crippen molar-refractivity contribution >= 4 is 28.2 Å². The largest absolute Gasteiger partial charge is 0.337 e. The van der Waals surface area contributed by atoms with Gasteiger partial charge in [-0.3, -0.25) is 4.79 Å². The zero-order chi connectivity index (χ0) is 13.3. The molecule has 106 valence electrons. The van der Waals surface area contributed by atoms with E-state index in [4.69, 9.17) is 5.73 Å². The normalized spacial score (nSPS) is 19.1. The number of hydrogen-bond donors (Lipinski definition) is 1. The van der Waals surface area contributed by atoms with Gasteiger partial charge in [0, 0.05) is 31.0 Å². The summed E-state index contributed by atoms with van der Waals surface area (Å²) in [6.45, 7) is 1.22. The van der Waals surface area contributed by atoms with Gasteiger partial charge in [0.05, 0.1) is 4.90 Å². The van der Waals surface area contributed by atoms with Crippen LogP contribution in [-0.4, -0.2) is 44.6 Å². The number of carbonyl (C=O) groups is 1. The number of hydrogen-bond acceptors (Lipinski definition) is 4. The lowest BCUT2D eigenvalue weighted by Crippen LogP contribution is -2.31. The van der Waals surface area contributed by atoms with Gasteiger partial charge in [0.1, 0.15) is 0 Å². The fourth-order valence-electron chi connectivity index (χ4n) is 2.00. The first-order valence-corrected chi connectivity index (χ1v) is 7.62. The topological polar surface area (TPSA) is 80.5 Å². The maximum absolute atomic E-state index is 12.1. The van der Waals surface area contributed by atoms with E-state index in [1.165, 1.54) is 12.1 Å². The Morgan fingerprint density at radius 1 is 1.32 bits per heavy atom. The van der Waals surface area contributed by atoms with Gasteiger partial charge < -0.3 is 10.6 Å². The molecule has 0 unspecified atom stereocenters. The first-order valence-electron chi connectivity index (χ1n) is 5.73. The zero-order valence-corrected chi connectivity index (χ0v) is 12.2. The van der Waals surface area contributed by atoms with Gasteiger partial charge in [0.15, 0.2) is 9.84 Å². The van der Waals surface area contributed by atoms with E-state index in [2.05, 4.69) is 0 Å². The lowest BCUT2D eigenvalue weighted by molar-refractivity contribution is 0.0791.